The summed E-state index contributed by atoms with van der Waals surface area (Å²) in [5.74, 6) is 0.975. The van der Waals surface area contributed by atoms with Crippen molar-refractivity contribution in [2.24, 2.45) is 0 Å². The van der Waals surface area contributed by atoms with Gasteiger partial charge in [-0.15, -0.1) is 0 Å². The van der Waals surface area contributed by atoms with Gasteiger partial charge in [-0.1, -0.05) is 0 Å². The molecule has 0 aromatic carbocycles. The first-order valence-corrected chi connectivity index (χ1v) is 5.71. The number of aryl methyl sites for hydroxylation is 1. The number of hydrogen-bond acceptors (Lipinski definition) is 4. The van der Waals surface area contributed by atoms with Gasteiger partial charge in [0, 0.05) is 11.3 Å². The van der Waals surface area contributed by atoms with Crippen molar-refractivity contribution in [3.63, 3.8) is 0 Å². The lowest BCUT2D eigenvalue weighted by Crippen LogP contribution is -1.99. The molecule has 0 atom stereocenters. The Morgan fingerprint density at radius 3 is 2.93 bits per heavy atom. The molecule has 0 radical (unpaired) electrons. The number of aromatic nitrogens is 2. The molecule has 5 heteroatoms. The van der Waals surface area contributed by atoms with Gasteiger partial charge in [0.25, 0.3) is 0 Å². The quantitative estimate of drug-likeness (QED) is 0.823. The Kier molecular flexibility index (Phi) is 3.84. The molecule has 1 rings (SSSR count). The van der Waals surface area contributed by atoms with E-state index in [1.54, 1.807) is 11.8 Å². The van der Waals surface area contributed by atoms with Crippen molar-refractivity contribution >= 4 is 11.8 Å². The monoisotopic (exact) mass is 211 g/mol. The lowest BCUT2D eigenvalue weighted by Gasteiger charge is -1.97. The zero-order valence-electron chi connectivity index (χ0n) is 8.32. The van der Waals surface area contributed by atoms with E-state index in [-0.39, 0.29) is 5.88 Å². The summed E-state index contributed by atoms with van der Waals surface area (Å²) in [5.41, 5.74) is 1.71. The number of thioether (sulfide) groups is 1. The van der Waals surface area contributed by atoms with E-state index >= 15 is 0 Å². The van der Waals surface area contributed by atoms with Gasteiger partial charge in [-0.05, 0) is 13.2 Å². The second-order valence-corrected chi connectivity index (χ2v) is 3.83. The van der Waals surface area contributed by atoms with E-state index in [2.05, 4.69) is 5.10 Å². The molecule has 1 heterocycles. The summed E-state index contributed by atoms with van der Waals surface area (Å²) >= 11 is 1.66. The summed E-state index contributed by atoms with van der Waals surface area (Å²) in [4.78, 5) is 0. The summed E-state index contributed by atoms with van der Waals surface area (Å²) in [6.45, 7) is 2.30. The Labute approximate surface area is 87.5 Å². The first-order valence-electron chi connectivity index (χ1n) is 4.31. The molecule has 1 aromatic heterocycles. The molecule has 0 saturated carbocycles. The van der Waals surface area contributed by atoms with Gasteiger partial charge in [0.15, 0.2) is 0 Å². The molecule has 0 saturated heterocycles. The number of aromatic hydroxyl groups is 1. The van der Waals surface area contributed by atoms with Crippen LogP contribution in [0.5, 0.6) is 5.88 Å². The summed E-state index contributed by atoms with van der Waals surface area (Å²) in [5, 5.41) is 22.3. The molecule has 0 bridgehead atoms. The van der Waals surface area contributed by atoms with Crippen molar-refractivity contribution in [1.82, 2.24) is 9.78 Å². The lowest BCUT2D eigenvalue weighted by atomic mass is 10.3. The second-order valence-electron chi connectivity index (χ2n) is 2.96. The van der Waals surface area contributed by atoms with Crippen LogP contribution in [0.2, 0.25) is 0 Å². The molecule has 4 nitrogen and oxygen atoms in total. The van der Waals surface area contributed by atoms with Crippen LogP contribution in [0, 0.1) is 18.3 Å². The first-order chi connectivity index (χ1) is 6.70. The Hall–Kier alpha value is -1.15. The topological polar surface area (TPSA) is 61.8 Å². The van der Waals surface area contributed by atoms with E-state index in [1.165, 1.54) is 4.68 Å². The van der Waals surface area contributed by atoms with Crippen LogP contribution >= 0.6 is 11.8 Å². The van der Waals surface area contributed by atoms with Crippen LogP contribution in [0.15, 0.2) is 0 Å². The van der Waals surface area contributed by atoms with Crippen molar-refractivity contribution in [2.45, 2.75) is 25.6 Å². The Morgan fingerprint density at radius 2 is 2.36 bits per heavy atom. The summed E-state index contributed by atoms with van der Waals surface area (Å²) < 4.78 is 1.49. The van der Waals surface area contributed by atoms with Crippen LogP contribution in [-0.4, -0.2) is 21.1 Å². The highest BCUT2D eigenvalue weighted by Gasteiger charge is 2.11. The van der Waals surface area contributed by atoms with E-state index < -0.39 is 0 Å². The van der Waals surface area contributed by atoms with Gasteiger partial charge in [0.1, 0.15) is 0 Å². The Balaban J connectivity index is 2.86. The highest BCUT2D eigenvalue weighted by Crippen LogP contribution is 2.22. The van der Waals surface area contributed by atoms with Gasteiger partial charge in [-0.2, -0.15) is 22.1 Å². The van der Waals surface area contributed by atoms with Gasteiger partial charge in [-0.3, -0.25) is 0 Å². The van der Waals surface area contributed by atoms with E-state index in [4.69, 9.17) is 5.26 Å². The third-order valence-corrected chi connectivity index (χ3v) is 2.53. The minimum Gasteiger partial charge on any atom is -0.493 e. The van der Waals surface area contributed by atoms with Gasteiger partial charge >= 0.3 is 0 Å². The fourth-order valence-corrected chi connectivity index (χ4v) is 1.72. The maximum Gasteiger partial charge on any atom is 0.212 e. The van der Waals surface area contributed by atoms with E-state index in [0.717, 1.165) is 17.0 Å². The lowest BCUT2D eigenvalue weighted by molar-refractivity contribution is 0.398. The van der Waals surface area contributed by atoms with Crippen LogP contribution in [0.25, 0.3) is 0 Å². The van der Waals surface area contributed by atoms with Gasteiger partial charge in [-0.25, -0.2) is 4.68 Å². The smallest absolute Gasteiger partial charge is 0.212 e. The molecule has 0 fully saturated rings. The SMILES string of the molecule is CSCc1nn(CCC#N)c(O)c1C. The molecule has 76 valence electrons. The number of hydrogen-bond donors (Lipinski definition) is 1. The van der Waals surface area contributed by atoms with Crippen LogP contribution < -0.4 is 0 Å². The first kappa shape index (κ1) is 10.9. The fourth-order valence-electron chi connectivity index (χ4n) is 1.18. The van der Waals surface area contributed by atoms with E-state index in [0.29, 0.717) is 13.0 Å². The molecule has 0 amide bonds. The minimum atomic E-state index is 0.185. The van der Waals surface area contributed by atoms with Crippen molar-refractivity contribution in [3.05, 3.63) is 11.3 Å². The van der Waals surface area contributed by atoms with E-state index in [9.17, 15) is 5.11 Å². The number of nitriles is 1. The molecule has 0 unspecified atom stereocenters. The minimum absolute atomic E-state index is 0.185. The van der Waals surface area contributed by atoms with Gasteiger partial charge in [0.2, 0.25) is 5.88 Å². The fraction of sp³-hybridized carbons (Fsp3) is 0.556. The molecule has 14 heavy (non-hydrogen) atoms. The van der Waals surface area contributed by atoms with Crippen LogP contribution in [0.1, 0.15) is 17.7 Å². The van der Waals surface area contributed by atoms with Crippen LogP contribution in [0.3, 0.4) is 0 Å². The van der Waals surface area contributed by atoms with Gasteiger partial charge < -0.3 is 5.11 Å². The molecule has 0 aliphatic carbocycles. The van der Waals surface area contributed by atoms with Crippen LogP contribution in [0.4, 0.5) is 0 Å². The standard InChI is InChI=1S/C9H13N3OS/c1-7-8(6-14-2)11-12(9(7)13)5-3-4-10/h13H,3,5-6H2,1-2H3. The highest BCUT2D eigenvalue weighted by atomic mass is 32.2. The third kappa shape index (κ3) is 2.20. The average molecular weight is 211 g/mol. The van der Waals surface area contributed by atoms with Crippen LogP contribution in [-0.2, 0) is 12.3 Å². The second kappa shape index (κ2) is 4.91. The predicted octanol–water partition coefficient (Wildman–Crippen LogP) is 1.67. The molecule has 0 aliphatic heterocycles. The Bertz CT molecular complexity index is 354. The third-order valence-electron chi connectivity index (χ3n) is 1.97. The predicted molar refractivity (Wildman–Crippen MR) is 56.1 cm³/mol. The highest BCUT2D eigenvalue weighted by molar-refractivity contribution is 7.97. The molecular formula is C9H13N3OS. The van der Waals surface area contributed by atoms with Crippen molar-refractivity contribution in [2.75, 3.05) is 6.26 Å². The molecule has 1 aromatic rings. The average Bonchev–Trinajstić information content (AvgIpc) is 2.44. The zero-order valence-corrected chi connectivity index (χ0v) is 9.13. The molecule has 1 N–H and O–H groups in total. The van der Waals surface area contributed by atoms with Gasteiger partial charge in [0.05, 0.1) is 24.7 Å². The molecular weight excluding hydrogens is 198 g/mol. The van der Waals surface area contributed by atoms with Crippen molar-refractivity contribution < 1.29 is 5.11 Å². The van der Waals surface area contributed by atoms with E-state index in [1.807, 2.05) is 19.2 Å². The summed E-state index contributed by atoms with van der Waals surface area (Å²) in [6.07, 6.45) is 2.36. The maximum atomic E-state index is 9.65. The molecule has 0 spiro atoms. The number of nitrogens with zero attached hydrogens (tertiary/aromatic N) is 3. The van der Waals surface area contributed by atoms with Crippen molar-refractivity contribution in [1.29, 1.82) is 5.26 Å². The Morgan fingerprint density at radius 1 is 1.64 bits per heavy atom. The number of rotatable bonds is 4. The van der Waals surface area contributed by atoms with Crippen molar-refractivity contribution in [3.8, 4) is 11.9 Å². The summed E-state index contributed by atoms with van der Waals surface area (Å²) in [6, 6.07) is 2.03. The maximum absolute atomic E-state index is 9.65. The summed E-state index contributed by atoms with van der Waals surface area (Å²) in [7, 11) is 0. The largest absolute Gasteiger partial charge is 0.493 e. The molecule has 0 aliphatic rings. The zero-order chi connectivity index (χ0) is 10.6. The normalized spacial score (nSPS) is 10.1.